The van der Waals surface area contributed by atoms with Crippen molar-refractivity contribution in [3.63, 3.8) is 0 Å². The molecular formula is C39H42N2O7. The molecule has 2 atom stereocenters. The smallest absolute Gasteiger partial charge is 0.408 e. The minimum Gasteiger partial charge on any atom is -0.497 e. The largest absolute Gasteiger partial charge is 0.497 e. The van der Waals surface area contributed by atoms with Crippen LogP contribution < -0.4 is 24.8 Å². The first-order valence-corrected chi connectivity index (χ1v) is 16.2. The summed E-state index contributed by atoms with van der Waals surface area (Å²) in [6, 6.07) is 26.6. The standard InChI is InChI=1S/C39H42N2O7/c1-24(2)19-33(41-37(43)48-38(3,4)5)36(42)40-27-13-11-25(12-14-27)22-45-29-16-18-32-35(21-29)47-34-20-28(44-6)15-17-31(34)39(32)30-10-8-7-9-26(30)23-46-39/h7-18,20-21,24,33H,19,22-23H2,1-6H3,(H,40,42)(H,41,43)/t33-,39?/m0/s1. The molecule has 6 rings (SSSR count). The number of rotatable bonds is 9. The molecule has 250 valence electrons. The molecule has 9 heteroatoms. The molecule has 0 saturated carbocycles. The van der Waals surface area contributed by atoms with Crippen molar-refractivity contribution in [3.05, 3.63) is 113 Å². The maximum absolute atomic E-state index is 13.1. The van der Waals surface area contributed by atoms with Crippen molar-refractivity contribution in [1.82, 2.24) is 5.32 Å². The average Bonchev–Trinajstić information content (AvgIpc) is 3.42. The van der Waals surface area contributed by atoms with Crippen LogP contribution in [0.2, 0.25) is 0 Å². The van der Waals surface area contributed by atoms with Crippen LogP contribution in [0.5, 0.6) is 23.0 Å². The number of hydrogen-bond acceptors (Lipinski definition) is 7. The molecule has 1 unspecified atom stereocenters. The summed E-state index contributed by atoms with van der Waals surface area (Å²) in [4.78, 5) is 25.5. The molecule has 1 spiro atoms. The van der Waals surface area contributed by atoms with E-state index in [9.17, 15) is 9.59 Å². The van der Waals surface area contributed by atoms with Gasteiger partial charge in [-0.05, 0) is 86.2 Å². The lowest BCUT2D eigenvalue weighted by Gasteiger charge is -2.37. The maximum atomic E-state index is 13.1. The Morgan fingerprint density at radius 2 is 1.54 bits per heavy atom. The minimum atomic E-state index is -0.804. The van der Waals surface area contributed by atoms with Crippen LogP contribution in [0.4, 0.5) is 10.5 Å². The van der Waals surface area contributed by atoms with E-state index < -0.39 is 23.3 Å². The van der Waals surface area contributed by atoms with E-state index >= 15 is 0 Å². The number of alkyl carbamates (subject to hydrolysis) is 1. The SMILES string of the molecule is COc1ccc2c(c1)Oc1cc(OCc3ccc(NC(=O)[C@H](CC(C)C)NC(=O)OC(C)(C)C)cc3)ccc1C21OCc2ccccc21. The van der Waals surface area contributed by atoms with Crippen molar-refractivity contribution in [2.45, 2.75) is 71.5 Å². The van der Waals surface area contributed by atoms with Crippen LogP contribution in [0.1, 0.15) is 68.9 Å². The number of ether oxygens (including phenoxy) is 5. The Balaban J connectivity index is 1.15. The predicted molar refractivity (Wildman–Crippen MR) is 183 cm³/mol. The second kappa shape index (κ2) is 13.2. The monoisotopic (exact) mass is 650 g/mol. The summed E-state index contributed by atoms with van der Waals surface area (Å²) in [6.07, 6.45) is -0.150. The van der Waals surface area contributed by atoms with Gasteiger partial charge < -0.3 is 34.3 Å². The number of carbonyl (C=O) groups excluding carboxylic acids is 2. The lowest BCUT2D eigenvalue weighted by atomic mass is 9.77. The molecule has 2 heterocycles. The Bertz CT molecular complexity index is 1810. The summed E-state index contributed by atoms with van der Waals surface area (Å²) < 4.78 is 30.1. The summed E-state index contributed by atoms with van der Waals surface area (Å²) in [5.41, 5.74) is 4.14. The van der Waals surface area contributed by atoms with Gasteiger partial charge in [0.25, 0.3) is 0 Å². The van der Waals surface area contributed by atoms with Gasteiger partial charge in [-0.15, -0.1) is 0 Å². The van der Waals surface area contributed by atoms with Crippen LogP contribution >= 0.6 is 0 Å². The Kier molecular flexibility index (Phi) is 9.07. The molecule has 0 aliphatic carbocycles. The van der Waals surface area contributed by atoms with Crippen LogP contribution in [-0.2, 0) is 33.1 Å². The lowest BCUT2D eigenvalue weighted by molar-refractivity contribution is -0.118. The van der Waals surface area contributed by atoms with Crippen molar-refractivity contribution in [3.8, 4) is 23.0 Å². The van der Waals surface area contributed by atoms with Crippen molar-refractivity contribution in [2.75, 3.05) is 12.4 Å². The highest BCUT2D eigenvalue weighted by atomic mass is 16.6. The Morgan fingerprint density at radius 3 is 2.21 bits per heavy atom. The van der Waals surface area contributed by atoms with E-state index in [0.29, 0.717) is 48.3 Å². The molecule has 0 fully saturated rings. The van der Waals surface area contributed by atoms with Crippen LogP contribution in [0.3, 0.4) is 0 Å². The van der Waals surface area contributed by atoms with Gasteiger partial charge in [0.05, 0.1) is 13.7 Å². The molecule has 2 aliphatic rings. The quantitative estimate of drug-likeness (QED) is 0.189. The van der Waals surface area contributed by atoms with E-state index in [-0.39, 0.29) is 11.8 Å². The number of anilines is 1. The highest BCUT2D eigenvalue weighted by Crippen LogP contribution is 2.57. The van der Waals surface area contributed by atoms with E-state index in [1.54, 1.807) is 27.9 Å². The summed E-state index contributed by atoms with van der Waals surface area (Å²) in [7, 11) is 1.63. The summed E-state index contributed by atoms with van der Waals surface area (Å²) >= 11 is 0. The second-order valence-electron chi connectivity index (χ2n) is 13.6. The van der Waals surface area contributed by atoms with Crippen LogP contribution in [0.25, 0.3) is 0 Å². The minimum absolute atomic E-state index is 0.189. The number of nitrogens with one attached hydrogen (secondary N) is 2. The summed E-state index contributed by atoms with van der Waals surface area (Å²) in [5.74, 6) is 2.54. The first-order valence-electron chi connectivity index (χ1n) is 16.2. The van der Waals surface area contributed by atoms with E-state index in [0.717, 1.165) is 27.8 Å². The van der Waals surface area contributed by atoms with E-state index in [1.165, 1.54) is 0 Å². The first kappa shape index (κ1) is 32.9. The second-order valence-corrected chi connectivity index (χ2v) is 13.6. The number of carbonyl (C=O) groups is 2. The van der Waals surface area contributed by atoms with Gasteiger partial charge in [0.1, 0.15) is 41.2 Å². The molecule has 2 aliphatic heterocycles. The average molecular weight is 651 g/mol. The molecule has 2 N–H and O–H groups in total. The van der Waals surface area contributed by atoms with Crippen LogP contribution in [0.15, 0.2) is 84.9 Å². The fraction of sp³-hybridized carbons (Fsp3) is 0.333. The van der Waals surface area contributed by atoms with Gasteiger partial charge in [-0.3, -0.25) is 4.79 Å². The summed E-state index contributed by atoms with van der Waals surface area (Å²) in [5, 5.41) is 5.62. The van der Waals surface area contributed by atoms with Gasteiger partial charge in [-0.2, -0.15) is 0 Å². The number of benzene rings is 4. The summed E-state index contributed by atoms with van der Waals surface area (Å²) in [6.45, 7) is 10.1. The zero-order valence-corrected chi connectivity index (χ0v) is 28.2. The third-order valence-corrected chi connectivity index (χ3v) is 8.30. The Labute approximate surface area is 281 Å². The van der Waals surface area contributed by atoms with Gasteiger partial charge in [-0.1, -0.05) is 50.2 Å². The third-order valence-electron chi connectivity index (χ3n) is 8.30. The van der Waals surface area contributed by atoms with Crippen molar-refractivity contribution < 1.29 is 33.3 Å². The van der Waals surface area contributed by atoms with E-state index in [4.69, 9.17) is 23.7 Å². The predicted octanol–water partition coefficient (Wildman–Crippen LogP) is 8.08. The molecule has 0 radical (unpaired) electrons. The lowest BCUT2D eigenvalue weighted by Crippen LogP contribution is -2.46. The molecule has 9 nitrogen and oxygen atoms in total. The zero-order chi connectivity index (χ0) is 34.1. The first-order chi connectivity index (χ1) is 22.9. The fourth-order valence-corrected chi connectivity index (χ4v) is 6.17. The third kappa shape index (κ3) is 6.82. The molecule has 0 saturated heterocycles. The van der Waals surface area contributed by atoms with E-state index in [2.05, 4.69) is 22.8 Å². The van der Waals surface area contributed by atoms with E-state index in [1.807, 2.05) is 86.6 Å². The van der Waals surface area contributed by atoms with Crippen LogP contribution in [-0.4, -0.2) is 30.8 Å². The topological polar surface area (TPSA) is 104 Å². The van der Waals surface area contributed by atoms with Gasteiger partial charge in [0.2, 0.25) is 5.91 Å². The normalized spacial score (nSPS) is 16.6. The molecular weight excluding hydrogens is 608 g/mol. The van der Waals surface area contributed by atoms with Crippen LogP contribution in [0, 0.1) is 5.92 Å². The Morgan fingerprint density at radius 1 is 0.875 bits per heavy atom. The Hall–Kier alpha value is -5.02. The van der Waals surface area contributed by atoms with Gasteiger partial charge >= 0.3 is 6.09 Å². The van der Waals surface area contributed by atoms with Gasteiger partial charge in [0.15, 0.2) is 5.60 Å². The maximum Gasteiger partial charge on any atom is 0.408 e. The molecule has 2 amide bonds. The van der Waals surface area contributed by atoms with Crippen molar-refractivity contribution in [1.29, 1.82) is 0 Å². The molecule has 0 aromatic heterocycles. The molecule has 0 bridgehead atoms. The van der Waals surface area contributed by atoms with Crippen molar-refractivity contribution >= 4 is 17.7 Å². The fourth-order valence-electron chi connectivity index (χ4n) is 6.17. The molecule has 48 heavy (non-hydrogen) atoms. The number of amides is 2. The zero-order valence-electron chi connectivity index (χ0n) is 28.2. The number of fused-ring (bicyclic) bond motifs is 6. The van der Waals surface area contributed by atoms with Gasteiger partial charge in [-0.25, -0.2) is 4.79 Å². The molecule has 4 aromatic rings. The highest BCUT2D eigenvalue weighted by Gasteiger charge is 2.49. The van der Waals surface area contributed by atoms with Gasteiger partial charge in [0, 0.05) is 28.9 Å². The number of methoxy groups -OCH3 is 1. The number of hydrogen-bond donors (Lipinski definition) is 2. The molecule has 4 aromatic carbocycles. The van der Waals surface area contributed by atoms with Crippen molar-refractivity contribution in [2.24, 2.45) is 5.92 Å². The highest BCUT2D eigenvalue weighted by molar-refractivity contribution is 5.96.